The third-order valence-corrected chi connectivity index (χ3v) is 5.28. The van der Waals surface area contributed by atoms with Gasteiger partial charge in [0.15, 0.2) is 11.5 Å². The Morgan fingerprint density at radius 2 is 1.40 bits per heavy atom. The van der Waals surface area contributed by atoms with Crippen molar-refractivity contribution in [3.05, 3.63) is 52.1 Å². The van der Waals surface area contributed by atoms with Crippen LogP contribution in [0.3, 0.4) is 0 Å². The summed E-state index contributed by atoms with van der Waals surface area (Å²) in [6, 6.07) is 8.08. The Balaban J connectivity index is 2.03. The molecule has 0 N–H and O–H groups in total. The zero-order valence-electron chi connectivity index (χ0n) is 19.5. The maximum atomic E-state index is 12.4. The van der Waals surface area contributed by atoms with Crippen molar-refractivity contribution in [2.75, 3.05) is 21.3 Å². The molecule has 0 saturated carbocycles. The standard InChI is InChI=1S/C25H34O5/c1-16-11-19(25(3,4)5)12-17(2)20(16)15-30-23(26)10-9-18-13-21(27-6)24(29-8)22(14-18)28-7/h11-14H,9-10,15H2,1-8H3. The number of carbonyl (C=O) groups excluding carboxylic acids is 1. The van der Waals surface area contributed by atoms with Gasteiger partial charge in [0.25, 0.3) is 0 Å². The fourth-order valence-electron chi connectivity index (χ4n) is 3.41. The van der Waals surface area contributed by atoms with Crippen LogP contribution in [0.4, 0.5) is 0 Å². The van der Waals surface area contributed by atoms with Gasteiger partial charge in [0, 0.05) is 6.42 Å². The summed E-state index contributed by atoms with van der Waals surface area (Å²) in [5.41, 5.74) is 5.67. The van der Waals surface area contributed by atoms with Crippen molar-refractivity contribution in [2.45, 2.75) is 59.5 Å². The minimum atomic E-state index is -0.234. The summed E-state index contributed by atoms with van der Waals surface area (Å²) in [5, 5.41) is 0. The first-order chi connectivity index (χ1) is 14.1. The van der Waals surface area contributed by atoms with Crippen molar-refractivity contribution < 1.29 is 23.7 Å². The quantitative estimate of drug-likeness (QED) is 0.549. The van der Waals surface area contributed by atoms with Crippen LogP contribution >= 0.6 is 0 Å². The molecule has 5 nitrogen and oxygen atoms in total. The highest BCUT2D eigenvalue weighted by atomic mass is 16.5. The van der Waals surface area contributed by atoms with Crippen LogP contribution in [-0.2, 0) is 28.0 Å². The van der Waals surface area contributed by atoms with Crippen molar-refractivity contribution in [1.82, 2.24) is 0 Å². The highest BCUT2D eigenvalue weighted by Gasteiger charge is 2.17. The summed E-state index contributed by atoms with van der Waals surface area (Å²) in [5.74, 6) is 1.45. The average molecular weight is 415 g/mol. The summed E-state index contributed by atoms with van der Waals surface area (Å²) >= 11 is 0. The second kappa shape index (κ2) is 9.88. The van der Waals surface area contributed by atoms with E-state index in [1.54, 1.807) is 21.3 Å². The van der Waals surface area contributed by atoms with E-state index in [1.165, 1.54) is 5.56 Å². The molecule has 0 radical (unpaired) electrons. The van der Waals surface area contributed by atoms with Gasteiger partial charge in [-0.2, -0.15) is 0 Å². The number of esters is 1. The number of rotatable bonds is 8. The zero-order valence-corrected chi connectivity index (χ0v) is 19.5. The van der Waals surface area contributed by atoms with Gasteiger partial charge >= 0.3 is 5.97 Å². The lowest BCUT2D eigenvalue weighted by Gasteiger charge is -2.22. The molecule has 0 aliphatic heterocycles. The van der Waals surface area contributed by atoms with Crippen LogP contribution in [0.5, 0.6) is 17.2 Å². The third kappa shape index (κ3) is 5.68. The second-order valence-corrected chi connectivity index (χ2v) is 8.53. The molecule has 2 rings (SSSR count). The molecule has 2 aromatic rings. The van der Waals surface area contributed by atoms with Gasteiger partial charge in [-0.25, -0.2) is 0 Å². The highest BCUT2D eigenvalue weighted by Crippen LogP contribution is 2.38. The highest BCUT2D eigenvalue weighted by molar-refractivity contribution is 5.70. The molecule has 0 spiro atoms. The van der Waals surface area contributed by atoms with Crippen LogP contribution in [0.25, 0.3) is 0 Å². The summed E-state index contributed by atoms with van der Waals surface area (Å²) in [6.07, 6.45) is 0.799. The van der Waals surface area contributed by atoms with Crippen LogP contribution in [-0.4, -0.2) is 27.3 Å². The molecule has 0 saturated heterocycles. The van der Waals surface area contributed by atoms with E-state index in [-0.39, 0.29) is 24.4 Å². The molecule has 0 amide bonds. The SMILES string of the molecule is COc1cc(CCC(=O)OCc2c(C)cc(C(C)(C)C)cc2C)cc(OC)c1OC. The molecule has 0 bridgehead atoms. The van der Waals surface area contributed by atoms with Crippen molar-refractivity contribution in [2.24, 2.45) is 0 Å². The number of benzene rings is 2. The maximum Gasteiger partial charge on any atom is 0.306 e. The van der Waals surface area contributed by atoms with E-state index in [2.05, 4.69) is 46.8 Å². The fraction of sp³-hybridized carbons (Fsp3) is 0.480. The number of aryl methyl sites for hydroxylation is 3. The van der Waals surface area contributed by atoms with E-state index in [4.69, 9.17) is 18.9 Å². The largest absolute Gasteiger partial charge is 0.493 e. The molecule has 0 aliphatic carbocycles. The van der Waals surface area contributed by atoms with Crippen LogP contribution in [0.2, 0.25) is 0 Å². The van der Waals surface area contributed by atoms with Crippen molar-refractivity contribution >= 4 is 5.97 Å². The number of hydrogen-bond acceptors (Lipinski definition) is 5. The molecular weight excluding hydrogens is 380 g/mol. The normalized spacial score (nSPS) is 11.2. The van der Waals surface area contributed by atoms with E-state index >= 15 is 0 Å². The molecule has 5 heteroatoms. The molecule has 0 aliphatic rings. The van der Waals surface area contributed by atoms with Crippen molar-refractivity contribution in [3.8, 4) is 17.2 Å². The second-order valence-electron chi connectivity index (χ2n) is 8.53. The van der Waals surface area contributed by atoms with E-state index in [0.717, 1.165) is 22.3 Å². The van der Waals surface area contributed by atoms with Crippen LogP contribution in [0.1, 0.15) is 55.0 Å². The van der Waals surface area contributed by atoms with Gasteiger partial charge in [-0.15, -0.1) is 0 Å². The number of methoxy groups -OCH3 is 3. The lowest BCUT2D eigenvalue weighted by molar-refractivity contribution is -0.144. The Morgan fingerprint density at radius 1 is 0.867 bits per heavy atom. The van der Waals surface area contributed by atoms with Gasteiger partial charge in [0.1, 0.15) is 6.61 Å². The van der Waals surface area contributed by atoms with Crippen LogP contribution < -0.4 is 14.2 Å². The van der Waals surface area contributed by atoms with E-state index in [9.17, 15) is 4.79 Å². The zero-order chi connectivity index (χ0) is 22.5. The molecule has 164 valence electrons. The van der Waals surface area contributed by atoms with Crippen molar-refractivity contribution in [1.29, 1.82) is 0 Å². The Kier molecular flexibility index (Phi) is 7.77. The van der Waals surface area contributed by atoms with Gasteiger partial charge in [-0.05, 0) is 65.6 Å². The monoisotopic (exact) mass is 414 g/mol. The van der Waals surface area contributed by atoms with Gasteiger partial charge in [0.05, 0.1) is 21.3 Å². The minimum Gasteiger partial charge on any atom is -0.493 e. The first-order valence-corrected chi connectivity index (χ1v) is 10.2. The maximum absolute atomic E-state index is 12.4. The van der Waals surface area contributed by atoms with E-state index < -0.39 is 0 Å². The molecule has 0 fully saturated rings. The predicted molar refractivity (Wildman–Crippen MR) is 119 cm³/mol. The summed E-state index contributed by atoms with van der Waals surface area (Å²) < 4.78 is 21.6. The third-order valence-electron chi connectivity index (χ3n) is 5.28. The summed E-state index contributed by atoms with van der Waals surface area (Å²) in [6.45, 7) is 11.0. The molecule has 0 heterocycles. The molecule has 2 aromatic carbocycles. The van der Waals surface area contributed by atoms with Gasteiger partial charge in [-0.1, -0.05) is 32.9 Å². The number of hydrogen-bond donors (Lipinski definition) is 0. The Bertz CT molecular complexity index is 845. The Labute approximate surface area is 180 Å². The topological polar surface area (TPSA) is 54.0 Å². The number of ether oxygens (including phenoxy) is 4. The van der Waals surface area contributed by atoms with Gasteiger partial charge in [-0.3, -0.25) is 4.79 Å². The first-order valence-electron chi connectivity index (χ1n) is 10.2. The van der Waals surface area contributed by atoms with Crippen molar-refractivity contribution in [3.63, 3.8) is 0 Å². The smallest absolute Gasteiger partial charge is 0.306 e. The van der Waals surface area contributed by atoms with Crippen LogP contribution in [0.15, 0.2) is 24.3 Å². The molecule has 0 unspecified atom stereocenters. The van der Waals surface area contributed by atoms with Crippen LogP contribution in [0, 0.1) is 13.8 Å². The lowest BCUT2D eigenvalue weighted by Crippen LogP contribution is -2.13. The summed E-state index contributed by atoms with van der Waals surface area (Å²) in [7, 11) is 4.71. The molecular formula is C25H34O5. The molecule has 30 heavy (non-hydrogen) atoms. The minimum absolute atomic E-state index is 0.0885. The predicted octanol–water partition coefficient (Wildman–Crippen LogP) is 5.30. The Morgan fingerprint density at radius 3 is 1.83 bits per heavy atom. The Hall–Kier alpha value is -2.69. The number of carbonyl (C=O) groups is 1. The van der Waals surface area contributed by atoms with Gasteiger partial charge in [0.2, 0.25) is 5.75 Å². The fourth-order valence-corrected chi connectivity index (χ4v) is 3.41. The molecule has 0 aromatic heterocycles. The lowest BCUT2D eigenvalue weighted by atomic mass is 9.84. The van der Waals surface area contributed by atoms with E-state index in [0.29, 0.717) is 23.7 Å². The summed E-state index contributed by atoms with van der Waals surface area (Å²) in [4.78, 5) is 12.4. The average Bonchev–Trinajstić information content (AvgIpc) is 2.69. The van der Waals surface area contributed by atoms with Gasteiger partial charge < -0.3 is 18.9 Å². The van der Waals surface area contributed by atoms with E-state index in [1.807, 2.05) is 12.1 Å². The first kappa shape index (κ1) is 23.6. The molecule has 0 atom stereocenters.